The second-order valence-electron chi connectivity index (χ2n) is 4.15. The molecule has 3 N–H and O–H groups in total. The van der Waals surface area contributed by atoms with Gasteiger partial charge in [-0.2, -0.15) is 0 Å². The van der Waals surface area contributed by atoms with Crippen molar-refractivity contribution in [3.05, 3.63) is 23.8 Å². The normalized spacial score (nSPS) is 11.8. The van der Waals surface area contributed by atoms with Crippen molar-refractivity contribution in [1.82, 2.24) is 5.32 Å². The van der Waals surface area contributed by atoms with Crippen LogP contribution in [0.3, 0.4) is 0 Å². The van der Waals surface area contributed by atoms with E-state index in [0.29, 0.717) is 30.2 Å². The summed E-state index contributed by atoms with van der Waals surface area (Å²) in [5, 5.41) is 2.82. The standard InChI is InChI=1S/C13H20N2O3/c1-9(7-14)8-15-13(16)10-4-11(17-2)6-12(5-10)18-3/h4-6,9H,7-8,14H2,1-3H3,(H,15,16). The lowest BCUT2D eigenvalue weighted by atomic mass is 10.1. The maximum Gasteiger partial charge on any atom is 0.251 e. The average molecular weight is 252 g/mol. The van der Waals surface area contributed by atoms with Gasteiger partial charge in [-0.1, -0.05) is 6.92 Å². The van der Waals surface area contributed by atoms with Crippen LogP contribution in [-0.2, 0) is 0 Å². The number of methoxy groups -OCH3 is 2. The molecule has 1 amide bonds. The Balaban J connectivity index is 2.78. The van der Waals surface area contributed by atoms with E-state index in [2.05, 4.69) is 5.32 Å². The van der Waals surface area contributed by atoms with E-state index in [1.54, 1.807) is 32.4 Å². The van der Waals surface area contributed by atoms with Crippen LogP contribution in [0.15, 0.2) is 18.2 Å². The molecular weight excluding hydrogens is 232 g/mol. The zero-order valence-corrected chi connectivity index (χ0v) is 11.0. The molecule has 1 aromatic carbocycles. The van der Waals surface area contributed by atoms with Crippen LogP contribution in [0.2, 0.25) is 0 Å². The molecule has 0 saturated heterocycles. The first-order chi connectivity index (χ1) is 8.60. The van der Waals surface area contributed by atoms with Crippen molar-refractivity contribution >= 4 is 5.91 Å². The highest BCUT2D eigenvalue weighted by Gasteiger charge is 2.10. The number of rotatable bonds is 6. The molecule has 18 heavy (non-hydrogen) atoms. The monoisotopic (exact) mass is 252 g/mol. The van der Waals surface area contributed by atoms with Crippen LogP contribution in [0.5, 0.6) is 11.5 Å². The highest BCUT2D eigenvalue weighted by atomic mass is 16.5. The van der Waals surface area contributed by atoms with Crippen LogP contribution in [0.1, 0.15) is 17.3 Å². The first-order valence-electron chi connectivity index (χ1n) is 5.82. The molecule has 1 aromatic rings. The number of hydrogen-bond acceptors (Lipinski definition) is 4. The third kappa shape index (κ3) is 3.92. The summed E-state index contributed by atoms with van der Waals surface area (Å²) in [7, 11) is 3.10. The van der Waals surface area contributed by atoms with E-state index in [-0.39, 0.29) is 11.8 Å². The lowest BCUT2D eigenvalue weighted by molar-refractivity contribution is 0.0948. The lowest BCUT2D eigenvalue weighted by Crippen LogP contribution is -2.31. The topological polar surface area (TPSA) is 73.6 Å². The lowest BCUT2D eigenvalue weighted by Gasteiger charge is -2.11. The van der Waals surface area contributed by atoms with E-state index in [4.69, 9.17) is 15.2 Å². The van der Waals surface area contributed by atoms with Gasteiger partial charge in [-0.15, -0.1) is 0 Å². The number of nitrogens with two attached hydrogens (primary N) is 1. The summed E-state index contributed by atoms with van der Waals surface area (Å²) in [6.45, 7) is 3.07. The highest BCUT2D eigenvalue weighted by Crippen LogP contribution is 2.22. The zero-order valence-electron chi connectivity index (χ0n) is 11.0. The molecule has 0 radical (unpaired) electrons. The van der Waals surface area contributed by atoms with E-state index in [1.807, 2.05) is 6.92 Å². The summed E-state index contributed by atoms with van der Waals surface area (Å²) in [5.74, 6) is 1.27. The molecular formula is C13H20N2O3. The zero-order chi connectivity index (χ0) is 13.5. The van der Waals surface area contributed by atoms with Gasteiger partial charge >= 0.3 is 0 Å². The van der Waals surface area contributed by atoms with Gasteiger partial charge in [0.05, 0.1) is 14.2 Å². The Labute approximate surface area is 107 Å². The van der Waals surface area contributed by atoms with Crippen LogP contribution in [0.4, 0.5) is 0 Å². The smallest absolute Gasteiger partial charge is 0.251 e. The van der Waals surface area contributed by atoms with Crippen LogP contribution in [0, 0.1) is 5.92 Å². The van der Waals surface area contributed by atoms with Crippen LogP contribution in [-0.4, -0.2) is 33.2 Å². The predicted molar refractivity (Wildman–Crippen MR) is 70.1 cm³/mol. The van der Waals surface area contributed by atoms with E-state index in [1.165, 1.54) is 0 Å². The summed E-state index contributed by atoms with van der Waals surface area (Å²) in [5.41, 5.74) is 6.01. The van der Waals surface area contributed by atoms with Gasteiger partial charge < -0.3 is 20.5 Å². The van der Waals surface area contributed by atoms with Gasteiger partial charge in [0.15, 0.2) is 0 Å². The number of nitrogens with one attached hydrogen (secondary N) is 1. The highest BCUT2D eigenvalue weighted by molar-refractivity contribution is 5.95. The SMILES string of the molecule is COc1cc(OC)cc(C(=O)NCC(C)CN)c1. The number of ether oxygens (including phenoxy) is 2. The number of carbonyl (C=O) groups is 1. The average Bonchev–Trinajstić information content (AvgIpc) is 2.43. The number of benzene rings is 1. The van der Waals surface area contributed by atoms with E-state index < -0.39 is 0 Å². The van der Waals surface area contributed by atoms with Crippen molar-refractivity contribution in [3.8, 4) is 11.5 Å². The molecule has 1 unspecified atom stereocenters. The van der Waals surface area contributed by atoms with Gasteiger partial charge in [0.25, 0.3) is 5.91 Å². The van der Waals surface area contributed by atoms with Crippen molar-refractivity contribution in [1.29, 1.82) is 0 Å². The first-order valence-corrected chi connectivity index (χ1v) is 5.82. The molecule has 5 nitrogen and oxygen atoms in total. The summed E-state index contributed by atoms with van der Waals surface area (Å²) in [4.78, 5) is 11.9. The summed E-state index contributed by atoms with van der Waals surface area (Å²) >= 11 is 0. The predicted octanol–water partition coefficient (Wildman–Crippen LogP) is 1.03. The summed E-state index contributed by atoms with van der Waals surface area (Å²) in [6.07, 6.45) is 0. The minimum atomic E-state index is -0.160. The molecule has 0 bridgehead atoms. The van der Waals surface area contributed by atoms with Crippen molar-refractivity contribution in [3.63, 3.8) is 0 Å². The second-order valence-corrected chi connectivity index (χ2v) is 4.15. The Bertz CT molecular complexity index is 385. The van der Waals surface area contributed by atoms with Gasteiger partial charge in [0.1, 0.15) is 11.5 Å². The maximum atomic E-state index is 11.9. The second kappa shape index (κ2) is 6.86. The van der Waals surface area contributed by atoms with Gasteiger partial charge in [0.2, 0.25) is 0 Å². The van der Waals surface area contributed by atoms with E-state index in [0.717, 1.165) is 0 Å². The fourth-order valence-electron chi connectivity index (χ4n) is 1.39. The van der Waals surface area contributed by atoms with E-state index in [9.17, 15) is 4.79 Å². The van der Waals surface area contributed by atoms with Crippen molar-refractivity contribution in [2.45, 2.75) is 6.92 Å². The van der Waals surface area contributed by atoms with Crippen molar-refractivity contribution in [2.24, 2.45) is 11.7 Å². The Kier molecular flexibility index (Phi) is 5.45. The van der Waals surface area contributed by atoms with Gasteiger partial charge in [-0.05, 0) is 24.6 Å². The molecule has 0 heterocycles. The fourth-order valence-corrected chi connectivity index (χ4v) is 1.39. The molecule has 100 valence electrons. The van der Waals surface area contributed by atoms with Crippen LogP contribution in [0.25, 0.3) is 0 Å². The van der Waals surface area contributed by atoms with E-state index >= 15 is 0 Å². The van der Waals surface area contributed by atoms with Crippen molar-refractivity contribution < 1.29 is 14.3 Å². The third-order valence-electron chi connectivity index (χ3n) is 2.63. The Morgan fingerprint density at radius 1 is 1.28 bits per heavy atom. The van der Waals surface area contributed by atoms with Crippen LogP contribution < -0.4 is 20.5 Å². The molecule has 0 aromatic heterocycles. The Morgan fingerprint density at radius 3 is 2.28 bits per heavy atom. The molecule has 0 aliphatic heterocycles. The Morgan fingerprint density at radius 2 is 1.83 bits per heavy atom. The van der Waals surface area contributed by atoms with Gasteiger partial charge in [0, 0.05) is 18.2 Å². The largest absolute Gasteiger partial charge is 0.497 e. The summed E-state index contributed by atoms with van der Waals surface area (Å²) in [6, 6.07) is 5.06. The van der Waals surface area contributed by atoms with Gasteiger partial charge in [-0.25, -0.2) is 0 Å². The molecule has 0 aliphatic rings. The molecule has 1 atom stereocenters. The molecule has 0 spiro atoms. The minimum Gasteiger partial charge on any atom is -0.497 e. The van der Waals surface area contributed by atoms with Gasteiger partial charge in [-0.3, -0.25) is 4.79 Å². The summed E-state index contributed by atoms with van der Waals surface area (Å²) < 4.78 is 10.2. The minimum absolute atomic E-state index is 0.160. The number of hydrogen-bond donors (Lipinski definition) is 2. The quantitative estimate of drug-likeness (QED) is 0.793. The molecule has 0 saturated carbocycles. The number of carbonyl (C=O) groups excluding carboxylic acids is 1. The first kappa shape index (κ1) is 14.3. The third-order valence-corrected chi connectivity index (χ3v) is 2.63. The fraction of sp³-hybridized carbons (Fsp3) is 0.462. The molecule has 0 fully saturated rings. The van der Waals surface area contributed by atoms with Crippen molar-refractivity contribution in [2.75, 3.05) is 27.3 Å². The maximum absolute atomic E-state index is 11.9. The van der Waals surface area contributed by atoms with Crippen LogP contribution >= 0.6 is 0 Å². The Hall–Kier alpha value is -1.75. The molecule has 5 heteroatoms. The molecule has 1 rings (SSSR count). The number of amides is 1. The molecule has 0 aliphatic carbocycles.